The van der Waals surface area contributed by atoms with Gasteiger partial charge in [0.2, 0.25) is 10.0 Å². The number of aliphatic hydroxyl groups is 1. The average molecular weight is 312 g/mol. The molecule has 118 valence electrons. The zero-order chi connectivity index (χ0) is 15.5. The molecule has 2 rings (SSSR count). The highest BCUT2D eigenvalue weighted by Crippen LogP contribution is 2.33. The van der Waals surface area contributed by atoms with Crippen molar-refractivity contribution in [2.45, 2.75) is 38.0 Å². The molecule has 0 radical (unpaired) electrons. The third-order valence-electron chi connectivity index (χ3n) is 3.92. The highest BCUT2D eigenvalue weighted by Gasteiger charge is 2.28. The van der Waals surface area contributed by atoms with Crippen molar-refractivity contribution >= 4 is 15.7 Å². The summed E-state index contributed by atoms with van der Waals surface area (Å²) in [6, 6.07) is 3.59. The molecule has 1 aromatic rings. The minimum Gasteiger partial charge on any atom is -0.396 e. The number of sulfonamides is 1. The van der Waals surface area contributed by atoms with Crippen LogP contribution in [0, 0.1) is 6.92 Å². The van der Waals surface area contributed by atoms with Crippen LogP contribution in [0.5, 0.6) is 0 Å². The van der Waals surface area contributed by atoms with Crippen molar-refractivity contribution in [1.29, 1.82) is 0 Å². The standard InChI is InChI=1S/C15H24N2O3S/c1-3-17(10-5-11-18)21(19,20)14-8-7-12(2)15-13(14)6-4-9-16-15/h7-8,16,18H,3-6,9-11H2,1-2H3. The van der Waals surface area contributed by atoms with E-state index in [0.29, 0.717) is 24.4 Å². The summed E-state index contributed by atoms with van der Waals surface area (Å²) in [7, 11) is -3.50. The summed E-state index contributed by atoms with van der Waals surface area (Å²) in [5.41, 5.74) is 2.96. The summed E-state index contributed by atoms with van der Waals surface area (Å²) in [6.07, 6.45) is 2.19. The third kappa shape index (κ3) is 3.22. The zero-order valence-corrected chi connectivity index (χ0v) is 13.5. The van der Waals surface area contributed by atoms with Crippen molar-refractivity contribution in [3.05, 3.63) is 23.3 Å². The van der Waals surface area contributed by atoms with Gasteiger partial charge in [0.25, 0.3) is 0 Å². The van der Waals surface area contributed by atoms with Crippen molar-refractivity contribution < 1.29 is 13.5 Å². The van der Waals surface area contributed by atoms with Gasteiger partial charge < -0.3 is 10.4 Å². The lowest BCUT2D eigenvalue weighted by molar-refractivity contribution is 0.271. The lowest BCUT2D eigenvalue weighted by Gasteiger charge is -2.26. The molecule has 0 fully saturated rings. The molecule has 0 saturated heterocycles. The van der Waals surface area contributed by atoms with Gasteiger partial charge in [-0.15, -0.1) is 0 Å². The van der Waals surface area contributed by atoms with Gasteiger partial charge in [-0.3, -0.25) is 0 Å². The number of aryl methyl sites for hydroxylation is 1. The monoisotopic (exact) mass is 312 g/mol. The van der Waals surface area contributed by atoms with Gasteiger partial charge in [-0.25, -0.2) is 8.42 Å². The van der Waals surface area contributed by atoms with E-state index in [4.69, 9.17) is 5.11 Å². The third-order valence-corrected chi connectivity index (χ3v) is 5.98. The van der Waals surface area contributed by atoms with Crippen LogP contribution >= 0.6 is 0 Å². The zero-order valence-electron chi connectivity index (χ0n) is 12.7. The topological polar surface area (TPSA) is 69.6 Å². The Bertz CT molecular complexity index is 599. The Kier molecular flexibility index (Phi) is 5.24. The number of hydrogen-bond donors (Lipinski definition) is 2. The van der Waals surface area contributed by atoms with E-state index >= 15 is 0 Å². The van der Waals surface area contributed by atoms with Gasteiger partial charge in [0.05, 0.1) is 4.90 Å². The molecule has 1 aromatic carbocycles. The first-order chi connectivity index (χ1) is 10.0. The number of benzene rings is 1. The van der Waals surface area contributed by atoms with Gasteiger partial charge >= 0.3 is 0 Å². The van der Waals surface area contributed by atoms with Crippen molar-refractivity contribution in [3.8, 4) is 0 Å². The van der Waals surface area contributed by atoms with Crippen LogP contribution in [0.4, 0.5) is 5.69 Å². The summed E-state index contributed by atoms with van der Waals surface area (Å²) in [6.45, 7) is 5.48. The molecule has 0 bridgehead atoms. The molecular weight excluding hydrogens is 288 g/mol. The molecule has 0 spiro atoms. The number of fused-ring (bicyclic) bond motifs is 1. The van der Waals surface area contributed by atoms with Crippen LogP contribution in [-0.2, 0) is 16.4 Å². The van der Waals surface area contributed by atoms with Crippen LogP contribution in [0.15, 0.2) is 17.0 Å². The molecule has 21 heavy (non-hydrogen) atoms. The number of aliphatic hydroxyl groups excluding tert-OH is 1. The molecule has 0 atom stereocenters. The van der Waals surface area contributed by atoms with Gasteiger partial charge in [0.1, 0.15) is 0 Å². The maximum absolute atomic E-state index is 12.9. The first-order valence-electron chi connectivity index (χ1n) is 7.49. The average Bonchev–Trinajstić information content (AvgIpc) is 2.48. The molecule has 1 aliphatic rings. The van der Waals surface area contributed by atoms with Gasteiger partial charge in [-0.05, 0) is 43.4 Å². The van der Waals surface area contributed by atoms with Crippen molar-refractivity contribution in [1.82, 2.24) is 4.31 Å². The second-order valence-corrected chi connectivity index (χ2v) is 7.24. The molecule has 6 heteroatoms. The first kappa shape index (κ1) is 16.3. The summed E-state index contributed by atoms with van der Waals surface area (Å²) in [5.74, 6) is 0. The molecular formula is C15H24N2O3S. The molecule has 0 saturated carbocycles. The normalized spacial score (nSPS) is 14.9. The molecule has 5 nitrogen and oxygen atoms in total. The van der Waals surface area contributed by atoms with Crippen LogP contribution < -0.4 is 5.32 Å². The molecule has 1 heterocycles. The lowest BCUT2D eigenvalue weighted by atomic mass is 10.00. The van der Waals surface area contributed by atoms with E-state index in [1.54, 1.807) is 6.07 Å². The highest BCUT2D eigenvalue weighted by molar-refractivity contribution is 7.89. The van der Waals surface area contributed by atoms with E-state index in [1.807, 2.05) is 19.9 Å². The Morgan fingerprint density at radius 1 is 1.38 bits per heavy atom. The fourth-order valence-electron chi connectivity index (χ4n) is 2.79. The van der Waals surface area contributed by atoms with Crippen LogP contribution in [0.1, 0.15) is 30.9 Å². The Labute approximate surface area is 127 Å². The lowest BCUT2D eigenvalue weighted by Crippen LogP contribution is -2.33. The van der Waals surface area contributed by atoms with Crippen molar-refractivity contribution in [3.63, 3.8) is 0 Å². The first-order valence-corrected chi connectivity index (χ1v) is 8.93. The number of nitrogens with one attached hydrogen (secondary N) is 1. The maximum atomic E-state index is 12.9. The van der Waals surface area contributed by atoms with E-state index in [0.717, 1.165) is 36.2 Å². The highest BCUT2D eigenvalue weighted by atomic mass is 32.2. The number of nitrogens with zero attached hydrogens (tertiary/aromatic N) is 1. The van der Waals surface area contributed by atoms with Crippen LogP contribution in [0.2, 0.25) is 0 Å². The van der Waals surface area contributed by atoms with Gasteiger partial charge in [0.15, 0.2) is 0 Å². The van der Waals surface area contributed by atoms with Gasteiger partial charge in [0, 0.05) is 31.9 Å². The minimum absolute atomic E-state index is 0.000416. The maximum Gasteiger partial charge on any atom is 0.243 e. The van der Waals surface area contributed by atoms with Crippen molar-refractivity contribution in [2.75, 3.05) is 31.6 Å². The number of rotatable bonds is 6. The van der Waals surface area contributed by atoms with E-state index in [2.05, 4.69) is 5.32 Å². The SMILES string of the molecule is CCN(CCCO)S(=O)(=O)c1ccc(C)c2c1CCCN2. The quantitative estimate of drug-likeness (QED) is 0.839. The Morgan fingerprint density at radius 3 is 2.81 bits per heavy atom. The van der Waals surface area contributed by atoms with E-state index in [-0.39, 0.29) is 6.61 Å². The van der Waals surface area contributed by atoms with Crippen molar-refractivity contribution in [2.24, 2.45) is 0 Å². The summed E-state index contributed by atoms with van der Waals surface area (Å²) in [5, 5.41) is 12.3. The Hall–Kier alpha value is -1.11. The molecule has 0 aromatic heterocycles. The van der Waals surface area contributed by atoms with Gasteiger partial charge in [-0.2, -0.15) is 4.31 Å². The fourth-order valence-corrected chi connectivity index (χ4v) is 4.54. The second kappa shape index (κ2) is 6.77. The number of anilines is 1. The molecule has 1 aliphatic heterocycles. The molecule has 0 aliphatic carbocycles. The van der Waals surface area contributed by atoms with Gasteiger partial charge in [-0.1, -0.05) is 13.0 Å². The number of hydrogen-bond acceptors (Lipinski definition) is 4. The van der Waals surface area contributed by atoms with E-state index in [1.165, 1.54) is 4.31 Å². The Morgan fingerprint density at radius 2 is 2.14 bits per heavy atom. The van der Waals surface area contributed by atoms with Crippen LogP contribution in [-0.4, -0.2) is 44.1 Å². The van der Waals surface area contributed by atoms with E-state index < -0.39 is 10.0 Å². The Balaban J connectivity index is 2.44. The predicted octanol–water partition coefficient (Wildman–Crippen LogP) is 1.75. The second-order valence-electron chi connectivity index (χ2n) is 5.34. The van der Waals surface area contributed by atoms with E-state index in [9.17, 15) is 8.42 Å². The summed E-state index contributed by atoms with van der Waals surface area (Å²) >= 11 is 0. The molecule has 2 N–H and O–H groups in total. The van der Waals surface area contributed by atoms with Crippen LogP contribution in [0.3, 0.4) is 0 Å². The predicted molar refractivity (Wildman–Crippen MR) is 84.1 cm³/mol. The fraction of sp³-hybridized carbons (Fsp3) is 0.600. The molecule has 0 amide bonds. The summed E-state index contributed by atoms with van der Waals surface area (Å²) in [4.78, 5) is 0.412. The smallest absolute Gasteiger partial charge is 0.243 e. The minimum atomic E-state index is -3.50. The largest absolute Gasteiger partial charge is 0.396 e. The van der Waals surface area contributed by atoms with Crippen LogP contribution in [0.25, 0.3) is 0 Å². The summed E-state index contributed by atoms with van der Waals surface area (Å²) < 4.78 is 27.2. The molecule has 0 unspecified atom stereocenters.